The molecule has 2 aromatic heterocycles. The normalized spacial score (nSPS) is 21.1. The van der Waals surface area contributed by atoms with Crippen LogP contribution in [0.3, 0.4) is 0 Å². The molecule has 0 radical (unpaired) electrons. The zero-order chi connectivity index (χ0) is 24.0. The van der Waals surface area contributed by atoms with E-state index in [1.54, 1.807) is 6.07 Å². The molecule has 33 heavy (non-hydrogen) atoms. The summed E-state index contributed by atoms with van der Waals surface area (Å²) >= 11 is -1.84. The molecule has 1 fully saturated rings. The largest absolute Gasteiger partial charge is 0.479 e. The third kappa shape index (κ3) is 4.18. The Morgan fingerprint density at radius 1 is 1.33 bits per heavy atom. The number of alkyl halides is 3. The summed E-state index contributed by atoms with van der Waals surface area (Å²) in [5, 5.41) is 13.7. The first kappa shape index (κ1) is 23.5. The quantitative estimate of drug-likeness (QED) is 0.405. The Kier molecular flexibility index (Phi) is 6.10. The minimum atomic E-state index is -4.70. The molecule has 1 saturated carbocycles. The monoisotopic (exact) mass is 500 g/mol. The molecule has 0 saturated heterocycles. The van der Waals surface area contributed by atoms with E-state index >= 15 is 0 Å². The zero-order valence-electron chi connectivity index (χ0n) is 17.2. The highest BCUT2D eigenvalue weighted by Crippen LogP contribution is 2.59. The van der Waals surface area contributed by atoms with E-state index in [1.807, 2.05) is 25.1 Å². The zero-order valence-corrected chi connectivity index (χ0v) is 18.8. The average molecular weight is 501 g/mol. The molecule has 0 amide bonds. The van der Waals surface area contributed by atoms with Gasteiger partial charge in [-0.1, -0.05) is 42.8 Å². The smallest absolute Gasteiger partial charge is 0.452 e. The van der Waals surface area contributed by atoms with E-state index in [9.17, 15) is 31.8 Å². The first-order valence-electron chi connectivity index (χ1n) is 9.96. The summed E-state index contributed by atoms with van der Waals surface area (Å²) in [6, 6.07) is 10.9. The fourth-order valence-electron chi connectivity index (χ4n) is 4.05. The summed E-state index contributed by atoms with van der Waals surface area (Å²) in [5.41, 5.74) is 0.0190. The third-order valence-electron chi connectivity index (χ3n) is 5.60. The molecule has 1 aliphatic carbocycles. The molecular weight excluding hydrogens is 481 g/mol. The van der Waals surface area contributed by atoms with Gasteiger partial charge in [0.2, 0.25) is 5.76 Å². The van der Waals surface area contributed by atoms with E-state index in [0.717, 1.165) is 45.7 Å². The van der Waals surface area contributed by atoms with Crippen LogP contribution in [-0.2, 0) is 28.7 Å². The predicted molar refractivity (Wildman–Crippen MR) is 116 cm³/mol. The number of anilines is 1. The number of nitrogens with zero attached hydrogens (tertiary/aromatic N) is 2. The van der Waals surface area contributed by atoms with Crippen molar-refractivity contribution in [3.63, 3.8) is 0 Å². The highest BCUT2D eigenvalue weighted by atomic mass is 32.2. The molecule has 3 atom stereocenters. The van der Waals surface area contributed by atoms with Gasteiger partial charge in [0.25, 0.3) is 11.3 Å². The van der Waals surface area contributed by atoms with Gasteiger partial charge in [-0.2, -0.15) is 13.2 Å². The number of rotatable bonds is 8. The second-order valence-electron chi connectivity index (χ2n) is 7.67. The average Bonchev–Trinajstić information content (AvgIpc) is 3.08. The van der Waals surface area contributed by atoms with Crippen LogP contribution in [-0.4, -0.2) is 30.5 Å². The van der Waals surface area contributed by atoms with Crippen molar-refractivity contribution in [3.8, 4) is 10.6 Å². The number of hydrogen-bond donors (Lipinski definition) is 2. The summed E-state index contributed by atoms with van der Waals surface area (Å²) in [6.45, 7) is 2.00. The minimum Gasteiger partial charge on any atom is -0.479 e. The van der Waals surface area contributed by atoms with Gasteiger partial charge in [-0.25, -0.2) is 13.3 Å². The molecule has 176 valence electrons. The molecule has 1 aromatic carbocycles. The van der Waals surface area contributed by atoms with Crippen molar-refractivity contribution in [2.45, 2.75) is 43.8 Å². The highest BCUT2D eigenvalue weighted by molar-refractivity contribution is 7.81. The Labute approximate surface area is 193 Å². The fourth-order valence-corrected chi connectivity index (χ4v) is 6.07. The van der Waals surface area contributed by atoms with Crippen molar-refractivity contribution in [3.05, 3.63) is 59.4 Å². The van der Waals surface area contributed by atoms with Gasteiger partial charge in [0.1, 0.15) is 10.7 Å². The maximum atomic E-state index is 12.8. The Balaban J connectivity index is 1.71. The molecule has 12 heteroatoms. The molecule has 3 aromatic rings. The lowest BCUT2D eigenvalue weighted by Crippen LogP contribution is -2.46. The fraction of sp³-hybridized carbons (Fsp3) is 0.333. The molecular formula is C21H19F3N2O5S2. The summed E-state index contributed by atoms with van der Waals surface area (Å²) in [6.07, 6.45) is -3.00. The second kappa shape index (κ2) is 8.58. The maximum Gasteiger partial charge on any atom is 0.452 e. The molecule has 0 bridgehead atoms. The van der Waals surface area contributed by atoms with E-state index < -0.39 is 40.6 Å². The van der Waals surface area contributed by atoms with Crippen molar-refractivity contribution in [2.75, 3.05) is 4.31 Å². The van der Waals surface area contributed by atoms with Gasteiger partial charge >= 0.3 is 12.1 Å². The van der Waals surface area contributed by atoms with Crippen molar-refractivity contribution in [1.82, 2.24) is 5.16 Å². The van der Waals surface area contributed by atoms with E-state index in [1.165, 1.54) is 12.1 Å². The SMILES string of the molecule is CCCc1ccccc1C1CC1(C(=O)O)N(c1ccc(-c2cc(C(F)(F)F)on2)s1)S(=O)O. The van der Waals surface area contributed by atoms with Crippen LogP contribution in [0.2, 0.25) is 0 Å². The van der Waals surface area contributed by atoms with Crippen LogP contribution in [0, 0.1) is 0 Å². The number of aliphatic carboxylic acids is 1. The number of carboxylic acids is 1. The van der Waals surface area contributed by atoms with E-state index in [-0.39, 0.29) is 22.0 Å². The summed E-state index contributed by atoms with van der Waals surface area (Å²) in [5.74, 6) is -3.05. The maximum absolute atomic E-state index is 12.8. The number of carboxylic acid groups (broad SMARTS) is 1. The summed E-state index contributed by atoms with van der Waals surface area (Å²) in [7, 11) is 0. The number of thiophene rings is 1. The number of carbonyl (C=O) groups is 1. The van der Waals surface area contributed by atoms with Gasteiger partial charge in [-0.15, -0.1) is 11.3 Å². The minimum absolute atomic E-state index is 0.104. The van der Waals surface area contributed by atoms with Crippen LogP contribution in [0.5, 0.6) is 0 Å². The Hall–Kier alpha value is -2.70. The Morgan fingerprint density at radius 2 is 2.06 bits per heavy atom. The van der Waals surface area contributed by atoms with Crippen molar-refractivity contribution < 1.29 is 36.4 Å². The topological polar surface area (TPSA) is 104 Å². The van der Waals surface area contributed by atoms with Gasteiger partial charge in [-0.3, -0.25) is 4.55 Å². The molecule has 2 N–H and O–H groups in total. The molecule has 7 nitrogen and oxygen atoms in total. The van der Waals surface area contributed by atoms with Crippen molar-refractivity contribution in [1.29, 1.82) is 0 Å². The molecule has 0 spiro atoms. The summed E-state index contributed by atoms with van der Waals surface area (Å²) in [4.78, 5) is 12.7. The molecule has 2 heterocycles. The van der Waals surface area contributed by atoms with Gasteiger partial charge in [0.05, 0.1) is 4.88 Å². The molecule has 1 aliphatic rings. The number of aryl methyl sites for hydroxylation is 1. The number of halogens is 3. The number of aromatic nitrogens is 1. The van der Waals surface area contributed by atoms with E-state index in [4.69, 9.17) is 0 Å². The number of hydrogen-bond acceptors (Lipinski definition) is 5. The van der Waals surface area contributed by atoms with Crippen LogP contribution in [0.15, 0.2) is 47.0 Å². The standard InChI is InChI=1S/C21H19F3N2O5S2/c1-2-5-12-6-3-4-7-13(12)14-11-20(14,19(27)28)26(33(29)30)18-9-8-16(32-18)15-10-17(31-25-15)21(22,23)24/h3-4,6-10,14H,2,5,11H2,1H3,(H,27,28)(H,29,30). The predicted octanol–water partition coefficient (Wildman–Crippen LogP) is 5.33. The Bertz CT molecular complexity index is 1210. The lowest BCUT2D eigenvalue weighted by Gasteiger charge is -2.27. The van der Waals surface area contributed by atoms with Crippen LogP contribution in [0.4, 0.5) is 18.2 Å². The first-order chi connectivity index (χ1) is 15.6. The van der Waals surface area contributed by atoms with Crippen LogP contribution in [0.1, 0.15) is 42.6 Å². The lowest BCUT2D eigenvalue weighted by atomic mass is 9.97. The van der Waals surface area contributed by atoms with Gasteiger partial charge < -0.3 is 9.63 Å². The van der Waals surface area contributed by atoms with E-state index in [2.05, 4.69) is 9.68 Å². The second-order valence-corrected chi connectivity index (χ2v) is 9.56. The van der Waals surface area contributed by atoms with Crippen LogP contribution in [0.25, 0.3) is 10.6 Å². The Morgan fingerprint density at radius 3 is 2.67 bits per heavy atom. The summed E-state index contributed by atoms with van der Waals surface area (Å²) < 4.78 is 66.2. The molecule has 3 unspecified atom stereocenters. The van der Waals surface area contributed by atoms with Gasteiger partial charge in [0.15, 0.2) is 5.54 Å². The highest BCUT2D eigenvalue weighted by Gasteiger charge is 2.67. The third-order valence-corrected chi connectivity index (χ3v) is 7.65. The van der Waals surface area contributed by atoms with Crippen molar-refractivity contribution >= 4 is 33.6 Å². The number of benzene rings is 1. The lowest BCUT2D eigenvalue weighted by molar-refractivity contribution is -0.155. The van der Waals surface area contributed by atoms with Crippen molar-refractivity contribution in [2.24, 2.45) is 0 Å². The van der Waals surface area contributed by atoms with Crippen LogP contribution >= 0.6 is 11.3 Å². The van der Waals surface area contributed by atoms with Crippen LogP contribution < -0.4 is 4.31 Å². The van der Waals surface area contributed by atoms with Gasteiger partial charge in [0, 0.05) is 12.0 Å². The van der Waals surface area contributed by atoms with Gasteiger partial charge in [-0.05, 0) is 36.1 Å². The molecule has 4 rings (SSSR count). The molecule has 0 aliphatic heterocycles. The van der Waals surface area contributed by atoms with E-state index in [0.29, 0.717) is 0 Å². The first-order valence-corrected chi connectivity index (χ1v) is 11.8.